The molecule has 2 heterocycles. The Morgan fingerprint density at radius 2 is 1.82 bits per heavy atom. The molecule has 0 atom stereocenters. The summed E-state index contributed by atoms with van der Waals surface area (Å²) >= 11 is 0. The molecule has 0 unspecified atom stereocenters. The van der Waals surface area contributed by atoms with Crippen molar-refractivity contribution in [3.63, 3.8) is 0 Å². The molecule has 0 radical (unpaired) electrons. The van der Waals surface area contributed by atoms with Crippen molar-refractivity contribution in [3.05, 3.63) is 23.5 Å². The average molecular weight is 418 g/mol. The molecule has 9 heteroatoms. The average Bonchev–Trinajstić information content (AvgIpc) is 2.67. The maximum absolute atomic E-state index is 13.1. The maximum atomic E-state index is 13.1. The Morgan fingerprint density at radius 1 is 1.21 bits per heavy atom. The predicted octanol–water partition coefficient (Wildman–Crippen LogP) is 2.58. The molecule has 28 heavy (non-hydrogen) atoms. The van der Waals surface area contributed by atoms with Gasteiger partial charge >= 0.3 is 0 Å². The van der Waals surface area contributed by atoms with Gasteiger partial charge in [-0.15, -0.1) is 0 Å². The van der Waals surface area contributed by atoms with E-state index in [1.165, 1.54) is 10.4 Å². The minimum Gasteiger partial charge on any atom is -0.390 e. The van der Waals surface area contributed by atoms with E-state index < -0.39 is 27.7 Å². The lowest BCUT2D eigenvalue weighted by molar-refractivity contribution is -0.00995. The Labute approximate surface area is 165 Å². The number of nitrogens with zero attached hydrogens (tertiary/aromatic N) is 3. The highest BCUT2D eigenvalue weighted by Gasteiger charge is 2.36. The molecule has 0 aromatic carbocycles. The third-order valence-corrected chi connectivity index (χ3v) is 7.92. The van der Waals surface area contributed by atoms with Crippen molar-refractivity contribution in [2.75, 3.05) is 26.2 Å². The van der Waals surface area contributed by atoms with Crippen molar-refractivity contribution >= 4 is 10.0 Å². The van der Waals surface area contributed by atoms with E-state index in [4.69, 9.17) is 0 Å². The second-order valence-corrected chi connectivity index (χ2v) is 9.91. The van der Waals surface area contributed by atoms with E-state index in [9.17, 15) is 22.3 Å². The maximum Gasteiger partial charge on any atom is 0.280 e. The molecule has 1 aromatic rings. The number of pyridine rings is 1. The molecule has 1 saturated heterocycles. The lowest BCUT2D eigenvalue weighted by Gasteiger charge is -2.43. The first-order valence-electron chi connectivity index (χ1n) is 9.88. The van der Waals surface area contributed by atoms with Gasteiger partial charge in [-0.1, -0.05) is 6.92 Å². The van der Waals surface area contributed by atoms with Gasteiger partial charge in [-0.3, -0.25) is 9.88 Å². The molecule has 2 aliphatic rings. The van der Waals surface area contributed by atoms with Gasteiger partial charge in [0, 0.05) is 32.2 Å². The molecule has 1 aliphatic heterocycles. The van der Waals surface area contributed by atoms with Crippen molar-refractivity contribution in [2.24, 2.45) is 0 Å². The van der Waals surface area contributed by atoms with Crippen LogP contribution in [0.25, 0.3) is 0 Å². The largest absolute Gasteiger partial charge is 0.390 e. The zero-order valence-corrected chi connectivity index (χ0v) is 17.3. The molecule has 3 rings (SSSR count). The van der Waals surface area contributed by atoms with Gasteiger partial charge in [0.2, 0.25) is 10.0 Å². The first-order chi connectivity index (χ1) is 13.1. The predicted molar refractivity (Wildman–Crippen MR) is 102 cm³/mol. The van der Waals surface area contributed by atoms with Crippen LogP contribution in [0.15, 0.2) is 17.0 Å². The number of aryl methyl sites for hydroxylation is 1. The van der Waals surface area contributed by atoms with Crippen molar-refractivity contribution in [1.82, 2.24) is 14.2 Å². The van der Waals surface area contributed by atoms with Crippen LogP contribution in [0.3, 0.4) is 0 Å². The Bertz CT molecular complexity index is 784. The van der Waals surface area contributed by atoms with Gasteiger partial charge in [-0.05, 0) is 51.2 Å². The SMILES string of the molecule is CCc1nc(C(F)F)ccc1S(=O)(=O)N1CCN(C2CCC(C)(O)CC2)CC1. The van der Waals surface area contributed by atoms with Crippen LogP contribution in [0, 0.1) is 0 Å². The Kier molecular flexibility index (Phi) is 6.38. The summed E-state index contributed by atoms with van der Waals surface area (Å²) in [6.45, 7) is 5.59. The highest BCUT2D eigenvalue weighted by Crippen LogP contribution is 2.31. The van der Waals surface area contributed by atoms with E-state index >= 15 is 0 Å². The third kappa shape index (κ3) is 4.53. The van der Waals surface area contributed by atoms with Gasteiger partial charge in [-0.2, -0.15) is 4.31 Å². The normalized spacial score (nSPS) is 28.0. The van der Waals surface area contributed by atoms with Gasteiger partial charge < -0.3 is 5.11 Å². The van der Waals surface area contributed by atoms with Crippen molar-refractivity contribution in [2.45, 2.75) is 68.9 Å². The lowest BCUT2D eigenvalue weighted by atomic mass is 9.83. The number of hydrogen-bond acceptors (Lipinski definition) is 5. The van der Waals surface area contributed by atoms with Crippen LogP contribution < -0.4 is 0 Å². The van der Waals surface area contributed by atoms with Crippen molar-refractivity contribution < 1.29 is 22.3 Å². The van der Waals surface area contributed by atoms with Crippen LogP contribution in [0.4, 0.5) is 8.78 Å². The van der Waals surface area contributed by atoms with Crippen molar-refractivity contribution in [3.8, 4) is 0 Å². The Balaban J connectivity index is 1.68. The topological polar surface area (TPSA) is 73.7 Å². The van der Waals surface area contributed by atoms with Gasteiger partial charge in [-0.25, -0.2) is 17.2 Å². The monoisotopic (exact) mass is 417 g/mol. The van der Waals surface area contributed by atoms with Crippen LogP contribution in [0.1, 0.15) is 57.3 Å². The highest BCUT2D eigenvalue weighted by molar-refractivity contribution is 7.89. The van der Waals surface area contributed by atoms with Crippen LogP contribution in [0.5, 0.6) is 0 Å². The van der Waals surface area contributed by atoms with Gasteiger partial charge in [0.15, 0.2) is 0 Å². The Morgan fingerprint density at radius 3 is 2.36 bits per heavy atom. The van der Waals surface area contributed by atoms with Gasteiger partial charge in [0.1, 0.15) is 10.6 Å². The molecule has 0 amide bonds. The van der Waals surface area contributed by atoms with Crippen LogP contribution >= 0.6 is 0 Å². The fourth-order valence-electron chi connectivity index (χ4n) is 4.15. The van der Waals surface area contributed by atoms with Crippen LogP contribution in [-0.4, -0.2) is 65.5 Å². The number of sulfonamides is 1. The van der Waals surface area contributed by atoms with E-state index in [2.05, 4.69) is 9.88 Å². The van der Waals surface area contributed by atoms with E-state index in [1.807, 2.05) is 6.92 Å². The van der Waals surface area contributed by atoms with Crippen LogP contribution in [0.2, 0.25) is 0 Å². The summed E-state index contributed by atoms with van der Waals surface area (Å²) in [5, 5.41) is 10.1. The minimum absolute atomic E-state index is 0.0292. The van der Waals surface area contributed by atoms with E-state index in [0.29, 0.717) is 32.2 Å². The summed E-state index contributed by atoms with van der Waals surface area (Å²) in [5.74, 6) is 0. The molecule has 1 saturated carbocycles. The summed E-state index contributed by atoms with van der Waals surface area (Å²) in [7, 11) is -3.76. The summed E-state index contributed by atoms with van der Waals surface area (Å²) in [4.78, 5) is 6.20. The van der Waals surface area contributed by atoms with Gasteiger partial charge in [0.25, 0.3) is 6.43 Å². The summed E-state index contributed by atoms with van der Waals surface area (Å²) in [5.41, 5.74) is -0.793. The summed E-state index contributed by atoms with van der Waals surface area (Å²) in [6.07, 6.45) is 0.909. The smallest absolute Gasteiger partial charge is 0.280 e. The molecule has 1 aliphatic carbocycles. The first-order valence-corrected chi connectivity index (χ1v) is 11.3. The molecule has 1 N–H and O–H groups in total. The number of aliphatic hydroxyl groups is 1. The third-order valence-electron chi connectivity index (χ3n) is 5.95. The fraction of sp³-hybridized carbons (Fsp3) is 0.737. The number of aromatic nitrogens is 1. The van der Waals surface area contributed by atoms with E-state index in [1.54, 1.807) is 6.92 Å². The first kappa shape index (κ1) is 21.5. The lowest BCUT2D eigenvalue weighted by Crippen LogP contribution is -2.53. The number of piperazine rings is 1. The van der Waals surface area contributed by atoms with Crippen LogP contribution in [-0.2, 0) is 16.4 Å². The molecule has 2 fully saturated rings. The molecule has 0 spiro atoms. The second-order valence-electron chi connectivity index (χ2n) is 8.00. The summed E-state index contributed by atoms with van der Waals surface area (Å²) in [6, 6.07) is 2.74. The molecular weight excluding hydrogens is 388 g/mol. The molecule has 1 aromatic heterocycles. The van der Waals surface area contributed by atoms with Crippen molar-refractivity contribution in [1.29, 1.82) is 0 Å². The molecule has 6 nitrogen and oxygen atoms in total. The quantitative estimate of drug-likeness (QED) is 0.797. The Hall–Kier alpha value is -1.16. The molecule has 0 bridgehead atoms. The number of hydrogen-bond donors (Lipinski definition) is 1. The number of alkyl halides is 2. The van der Waals surface area contributed by atoms with E-state index in [-0.39, 0.29) is 17.0 Å². The zero-order chi connectivity index (χ0) is 20.5. The highest BCUT2D eigenvalue weighted by atomic mass is 32.2. The fourth-order valence-corrected chi connectivity index (χ4v) is 5.80. The van der Waals surface area contributed by atoms with Gasteiger partial charge in [0.05, 0.1) is 11.3 Å². The summed E-state index contributed by atoms with van der Waals surface area (Å²) < 4.78 is 53.3. The second kappa shape index (κ2) is 8.30. The minimum atomic E-state index is -3.76. The number of rotatable bonds is 5. The standard InChI is InChI=1S/C19H29F2N3O3S/c1-3-15-17(5-4-16(22-15)18(20)21)28(26,27)24-12-10-23(11-13-24)14-6-8-19(2,25)9-7-14/h4-5,14,18,25H,3,6-13H2,1-2H3. The van der Waals surface area contributed by atoms with E-state index in [0.717, 1.165) is 31.7 Å². The molecular formula is C19H29F2N3O3S. The molecule has 158 valence electrons. The zero-order valence-electron chi connectivity index (χ0n) is 16.4. The number of halogens is 2.